The van der Waals surface area contributed by atoms with Crippen LogP contribution >= 0.6 is 11.6 Å². The summed E-state index contributed by atoms with van der Waals surface area (Å²) in [6.07, 6.45) is 0. The monoisotopic (exact) mass is 226 g/mol. The second kappa shape index (κ2) is 3.50. The topological polar surface area (TPSA) is 0 Å². The second-order valence-electron chi connectivity index (χ2n) is 4.10. The molecule has 0 nitrogen and oxygen atoms in total. The summed E-state index contributed by atoms with van der Waals surface area (Å²) >= 11 is 6.06. The normalized spacial score (nSPS) is 11.1. The third-order valence-corrected chi connectivity index (χ3v) is 3.26. The van der Waals surface area contributed by atoms with Gasteiger partial charge in [0.25, 0.3) is 0 Å². The van der Waals surface area contributed by atoms with Gasteiger partial charge in [0, 0.05) is 5.02 Å². The van der Waals surface area contributed by atoms with Crippen molar-refractivity contribution < 1.29 is 0 Å². The number of benzene rings is 3. The quantitative estimate of drug-likeness (QED) is 0.476. The first kappa shape index (κ1) is 9.68. The standard InChI is InChI=1S/C15H11Cl/c1-10-8-11-6-7-12(16)9-15(11)14-5-3-2-4-13(10)14/h2-9H,1H3. The lowest BCUT2D eigenvalue weighted by Gasteiger charge is -2.07. The highest BCUT2D eigenvalue weighted by atomic mass is 35.5. The summed E-state index contributed by atoms with van der Waals surface area (Å²) in [7, 11) is 0. The Morgan fingerprint density at radius 1 is 0.812 bits per heavy atom. The molecule has 0 aliphatic rings. The third kappa shape index (κ3) is 1.38. The van der Waals surface area contributed by atoms with Crippen LogP contribution in [-0.4, -0.2) is 0 Å². The largest absolute Gasteiger partial charge is 0.0843 e. The van der Waals surface area contributed by atoms with Crippen molar-refractivity contribution in [2.24, 2.45) is 0 Å². The number of aryl methyl sites for hydroxylation is 1. The first-order valence-electron chi connectivity index (χ1n) is 5.33. The Morgan fingerprint density at radius 3 is 2.38 bits per heavy atom. The summed E-state index contributed by atoms with van der Waals surface area (Å²) in [4.78, 5) is 0. The summed E-state index contributed by atoms with van der Waals surface area (Å²) in [5.41, 5.74) is 1.31. The van der Waals surface area contributed by atoms with Crippen molar-refractivity contribution in [2.45, 2.75) is 6.92 Å². The SMILES string of the molecule is Cc1cc2ccc(Cl)cc2c2ccccc12. The van der Waals surface area contributed by atoms with Gasteiger partial charge in [-0.25, -0.2) is 0 Å². The molecule has 0 aromatic heterocycles. The Kier molecular flexibility index (Phi) is 2.12. The minimum absolute atomic E-state index is 0.793. The van der Waals surface area contributed by atoms with Gasteiger partial charge >= 0.3 is 0 Å². The van der Waals surface area contributed by atoms with Crippen LogP contribution in [0, 0.1) is 6.92 Å². The summed E-state index contributed by atoms with van der Waals surface area (Å²) in [6, 6.07) is 16.7. The van der Waals surface area contributed by atoms with Crippen LogP contribution in [0.25, 0.3) is 21.5 Å². The molecule has 0 amide bonds. The third-order valence-electron chi connectivity index (χ3n) is 3.03. The molecule has 0 bridgehead atoms. The lowest BCUT2D eigenvalue weighted by molar-refractivity contribution is 1.56. The number of hydrogen-bond acceptors (Lipinski definition) is 0. The van der Waals surface area contributed by atoms with Crippen LogP contribution in [0.5, 0.6) is 0 Å². The van der Waals surface area contributed by atoms with E-state index in [2.05, 4.69) is 43.3 Å². The average Bonchev–Trinajstić information content (AvgIpc) is 2.31. The molecule has 0 saturated carbocycles. The highest BCUT2D eigenvalue weighted by Crippen LogP contribution is 2.30. The highest BCUT2D eigenvalue weighted by molar-refractivity contribution is 6.31. The van der Waals surface area contributed by atoms with Crippen LogP contribution in [0.3, 0.4) is 0 Å². The summed E-state index contributed by atoms with van der Waals surface area (Å²) in [6.45, 7) is 2.15. The molecular weight excluding hydrogens is 216 g/mol. The van der Waals surface area contributed by atoms with Gasteiger partial charge in [-0.3, -0.25) is 0 Å². The van der Waals surface area contributed by atoms with Crippen LogP contribution < -0.4 is 0 Å². The smallest absolute Gasteiger partial charge is 0.0412 e. The van der Waals surface area contributed by atoms with E-state index in [1.165, 1.54) is 27.1 Å². The maximum Gasteiger partial charge on any atom is 0.0412 e. The molecule has 0 fully saturated rings. The molecule has 0 aliphatic carbocycles. The van der Waals surface area contributed by atoms with Crippen LogP contribution in [0.2, 0.25) is 5.02 Å². The molecule has 0 heterocycles. The summed E-state index contributed by atoms with van der Waals surface area (Å²) < 4.78 is 0. The molecule has 3 aromatic carbocycles. The Balaban J connectivity index is 2.61. The highest BCUT2D eigenvalue weighted by Gasteiger charge is 2.03. The van der Waals surface area contributed by atoms with E-state index in [1.807, 2.05) is 12.1 Å². The number of halogens is 1. The molecule has 0 unspecified atom stereocenters. The fourth-order valence-corrected chi connectivity index (χ4v) is 2.43. The molecule has 0 saturated heterocycles. The molecular formula is C15H11Cl. The van der Waals surface area contributed by atoms with E-state index in [-0.39, 0.29) is 0 Å². The Labute approximate surface area is 99.5 Å². The minimum Gasteiger partial charge on any atom is -0.0843 e. The summed E-state index contributed by atoms with van der Waals surface area (Å²) in [5, 5.41) is 5.85. The fourth-order valence-electron chi connectivity index (χ4n) is 2.26. The zero-order chi connectivity index (χ0) is 11.1. The van der Waals surface area contributed by atoms with Gasteiger partial charge in [0.2, 0.25) is 0 Å². The van der Waals surface area contributed by atoms with Crippen molar-refractivity contribution in [2.75, 3.05) is 0 Å². The zero-order valence-electron chi connectivity index (χ0n) is 9.00. The van der Waals surface area contributed by atoms with Gasteiger partial charge in [-0.2, -0.15) is 0 Å². The van der Waals surface area contributed by atoms with Gasteiger partial charge in [-0.05, 0) is 46.2 Å². The van der Waals surface area contributed by atoms with Crippen LogP contribution in [-0.2, 0) is 0 Å². The Bertz CT molecular complexity index is 683. The van der Waals surface area contributed by atoms with E-state index >= 15 is 0 Å². The first-order valence-corrected chi connectivity index (χ1v) is 5.71. The fraction of sp³-hybridized carbons (Fsp3) is 0.0667. The minimum atomic E-state index is 0.793. The maximum atomic E-state index is 6.06. The van der Waals surface area contributed by atoms with Crippen LogP contribution in [0.4, 0.5) is 0 Å². The molecule has 0 atom stereocenters. The van der Waals surface area contributed by atoms with Crippen molar-refractivity contribution >= 4 is 33.1 Å². The Hall–Kier alpha value is -1.53. The zero-order valence-corrected chi connectivity index (χ0v) is 9.75. The van der Waals surface area contributed by atoms with Gasteiger partial charge in [0.05, 0.1) is 0 Å². The van der Waals surface area contributed by atoms with E-state index in [4.69, 9.17) is 11.6 Å². The molecule has 0 spiro atoms. The number of rotatable bonds is 0. The van der Waals surface area contributed by atoms with E-state index in [9.17, 15) is 0 Å². The predicted octanol–water partition coefficient (Wildman–Crippen LogP) is 4.95. The molecule has 0 aliphatic heterocycles. The number of fused-ring (bicyclic) bond motifs is 3. The van der Waals surface area contributed by atoms with Crippen molar-refractivity contribution in [1.29, 1.82) is 0 Å². The van der Waals surface area contributed by atoms with Crippen molar-refractivity contribution in [1.82, 2.24) is 0 Å². The van der Waals surface area contributed by atoms with Crippen molar-refractivity contribution in [3.05, 3.63) is 59.1 Å². The molecule has 16 heavy (non-hydrogen) atoms. The van der Waals surface area contributed by atoms with E-state index in [1.54, 1.807) is 0 Å². The molecule has 0 radical (unpaired) electrons. The van der Waals surface area contributed by atoms with E-state index < -0.39 is 0 Å². The van der Waals surface area contributed by atoms with Crippen molar-refractivity contribution in [3.8, 4) is 0 Å². The number of hydrogen-bond donors (Lipinski definition) is 0. The molecule has 0 N–H and O–H groups in total. The molecule has 78 valence electrons. The average molecular weight is 227 g/mol. The van der Waals surface area contributed by atoms with Crippen LogP contribution in [0.1, 0.15) is 5.56 Å². The van der Waals surface area contributed by atoms with Gasteiger partial charge in [0.15, 0.2) is 0 Å². The predicted molar refractivity (Wildman–Crippen MR) is 71.2 cm³/mol. The molecule has 1 heteroatoms. The van der Waals surface area contributed by atoms with Gasteiger partial charge in [-0.15, -0.1) is 0 Å². The molecule has 3 rings (SSSR count). The van der Waals surface area contributed by atoms with Gasteiger partial charge in [-0.1, -0.05) is 48.0 Å². The maximum absolute atomic E-state index is 6.06. The van der Waals surface area contributed by atoms with E-state index in [0.717, 1.165) is 5.02 Å². The second-order valence-corrected chi connectivity index (χ2v) is 4.54. The first-order chi connectivity index (χ1) is 7.75. The lowest BCUT2D eigenvalue weighted by Crippen LogP contribution is -1.81. The lowest BCUT2D eigenvalue weighted by atomic mass is 9.98. The van der Waals surface area contributed by atoms with Gasteiger partial charge < -0.3 is 0 Å². The van der Waals surface area contributed by atoms with E-state index in [0.29, 0.717) is 0 Å². The van der Waals surface area contributed by atoms with Crippen LogP contribution in [0.15, 0.2) is 48.5 Å². The summed E-state index contributed by atoms with van der Waals surface area (Å²) in [5.74, 6) is 0. The van der Waals surface area contributed by atoms with Gasteiger partial charge in [0.1, 0.15) is 0 Å². The molecule has 3 aromatic rings. The Morgan fingerprint density at radius 2 is 1.56 bits per heavy atom. The van der Waals surface area contributed by atoms with Crippen molar-refractivity contribution in [3.63, 3.8) is 0 Å².